The van der Waals surface area contributed by atoms with Gasteiger partial charge in [0.2, 0.25) is 0 Å². The van der Waals surface area contributed by atoms with Crippen LogP contribution in [0.15, 0.2) is 194 Å². The summed E-state index contributed by atoms with van der Waals surface area (Å²) in [7, 11) is 0. The van der Waals surface area contributed by atoms with Crippen LogP contribution in [0.5, 0.6) is 0 Å². The fourth-order valence-corrected chi connectivity index (χ4v) is 8.44. The number of hydrogen-bond acceptors (Lipinski definition) is 2. The normalized spacial score (nSPS) is 12.7. The maximum Gasteiger partial charge on any atom is 0.160 e. The minimum absolute atomic E-state index is 0.0432. The van der Waals surface area contributed by atoms with Gasteiger partial charge in [-0.15, -0.1) is 0 Å². The van der Waals surface area contributed by atoms with Crippen LogP contribution in [0, 0.1) is 0 Å². The molecule has 260 valence electrons. The van der Waals surface area contributed by atoms with Crippen molar-refractivity contribution in [3.05, 3.63) is 205 Å². The smallest absolute Gasteiger partial charge is 0.160 e. The molecule has 0 radical (unpaired) electrons. The van der Waals surface area contributed by atoms with Crippen molar-refractivity contribution >= 4 is 10.8 Å². The molecule has 1 aliphatic carbocycles. The van der Waals surface area contributed by atoms with Gasteiger partial charge in [0.15, 0.2) is 5.82 Å². The molecule has 0 bridgehead atoms. The first-order chi connectivity index (χ1) is 27.0. The van der Waals surface area contributed by atoms with Gasteiger partial charge in [0.25, 0.3) is 0 Å². The fraction of sp³-hybridized carbons (Fsp3) is 0.0566. The summed E-state index contributed by atoms with van der Waals surface area (Å²) < 4.78 is 0. The molecule has 0 unspecified atom stereocenters. The van der Waals surface area contributed by atoms with E-state index in [9.17, 15) is 0 Å². The van der Waals surface area contributed by atoms with Crippen molar-refractivity contribution in [1.29, 1.82) is 0 Å². The first-order valence-corrected chi connectivity index (χ1v) is 19.0. The minimum atomic E-state index is -0.0432. The lowest BCUT2D eigenvalue weighted by Crippen LogP contribution is -2.14. The van der Waals surface area contributed by atoms with Gasteiger partial charge in [-0.1, -0.05) is 190 Å². The maximum absolute atomic E-state index is 5.21. The minimum Gasteiger partial charge on any atom is -0.228 e. The van der Waals surface area contributed by atoms with Gasteiger partial charge in [-0.25, -0.2) is 9.97 Å². The van der Waals surface area contributed by atoms with Crippen LogP contribution in [-0.4, -0.2) is 9.97 Å². The first-order valence-electron chi connectivity index (χ1n) is 19.0. The topological polar surface area (TPSA) is 25.8 Å². The number of aromatic nitrogens is 2. The van der Waals surface area contributed by atoms with Gasteiger partial charge in [-0.05, 0) is 84.6 Å². The van der Waals surface area contributed by atoms with E-state index in [1.807, 2.05) is 24.3 Å². The molecule has 9 aromatic rings. The van der Waals surface area contributed by atoms with Crippen molar-refractivity contribution in [2.24, 2.45) is 0 Å². The van der Waals surface area contributed by atoms with Gasteiger partial charge < -0.3 is 0 Å². The predicted octanol–water partition coefficient (Wildman–Crippen LogP) is 13.9. The molecule has 1 aromatic heterocycles. The van der Waals surface area contributed by atoms with Gasteiger partial charge >= 0.3 is 0 Å². The van der Waals surface area contributed by atoms with E-state index in [0.717, 1.165) is 33.5 Å². The molecule has 1 heterocycles. The monoisotopic (exact) mass is 702 g/mol. The lowest BCUT2D eigenvalue weighted by molar-refractivity contribution is 0.660. The molecule has 0 amide bonds. The van der Waals surface area contributed by atoms with Gasteiger partial charge in [-0.2, -0.15) is 0 Å². The lowest BCUT2D eigenvalue weighted by atomic mass is 9.81. The second kappa shape index (κ2) is 13.2. The van der Waals surface area contributed by atoms with E-state index < -0.39 is 0 Å². The van der Waals surface area contributed by atoms with Crippen molar-refractivity contribution in [1.82, 2.24) is 9.97 Å². The molecule has 0 spiro atoms. The average molecular weight is 703 g/mol. The zero-order valence-corrected chi connectivity index (χ0v) is 30.9. The van der Waals surface area contributed by atoms with Crippen molar-refractivity contribution in [3.8, 4) is 78.4 Å². The van der Waals surface area contributed by atoms with E-state index in [0.29, 0.717) is 5.82 Å². The summed E-state index contributed by atoms with van der Waals surface area (Å²) >= 11 is 0. The van der Waals surface area contributed by atoms with Crippen LogP contribution < -0.4 is 0 Å². The highest BCUT2D eigenvalue weighted by Gasteiger charge is 2.35. The Labute approximate surface area is 322 Å². The van der Waals surface area contributed by atoms with Gasteiger partial charge in [0, 0.05) is 22.1 Å². The summed E-state index contributed by atoms with van der Waals surface area (Å²) in [5.74, 6) is 0.710. The molecule has 8 aromatic carbocycles. The zero-order chi connectivity index (χ0) is 36.9. The average Bonchev–Trinajstić information content (AvgIpc) is 3.49. The number of fused-ring (bicyclic) bond motifs is 4. The largest absolute Gasteiger partial charge is 0.228 e. The third kappa shape index (κ3) is 5.75. The molecule has 0 atom stereocenters. The standard InChI is InChI=1S/C53H38N2/c1-53(2)48-23-12-11-22-45(48)46-29-28-40(33-49(46)53)39-18-13-19-41(32-39)42-30-31-47(44-21-10-9-20-43(42)44)51-34-50(54-52(55-51)38-16-7-4-8-17-38)37-26-24-36(25-27-37)35-14-5-3-6-15-35/h3-34H,1-2H3. The summed E-state index contributed by atoms with van der Waals surface area (Å²) in [5.41, 5.74) is 17.6. The zero-order valence-electron chi connectivity index (χ0n) is 30.9. The van der Waals surface area contributed by atoms with Crippen molar-refractivity contribution in [2.75, 3.05) is 0 Å². The molecule has 10 rings (SSSR count). The highest BCUT2D eigenvalue weighted by molar-refractivity contribution is 6.05. The molecule has 55 heavy (non-hydrogen) atoms. The Bertz CT molecular complexity index is 2870. The highest BCUT2D eigenvalue weighted by Crippen LogP contribution is 2.49. The molecule has 0 saturated carbocycles. The number of hydrogen-bond donors (Lipinski definition) is 0. The van der Waals surface area contributed by atoms with Crippen LogP contribution in [0.1, 0.15) is 25.0 Å². The molecule has 1 aliphatic rings. The Balaban J connectivity index is 1.06. The second-order valence-corrected chi connectivity index (χ2v) is 15.0. The third-order valence-corrected chi connectivity index (χ3v) is 11.3. The Morgan fingerprint density at radius 1 is 0.309 bits per heavy atom. The Morgan fingerprint density at radius 2 is 0.818 bits per heavy atom. The van der Waals surface area contributed by atoms with E-state index in [2.05, 4.69) is 184 Å². The van der Waals surface area contributed by atoms with Gasteiger partial charge in [0.05, 0.1) is 11.4 Å². The summed E-state index contributed by atoms with van der Waals surface area (Å²) in [4.78, 5) is 10.3. The van der Waals surface area contributed by atoms with Crippen LogP contribution >= 0.6 is 0 Å². The predicted molar refractivity (Wildman–Crippen MR) is 230 cm³/mol. The quantitative estimate of drug-likeness (QED) is 0.172. The Morgan fingerprint density at radius 3 is 1.60 bits per heavy atom. The first kappa shape index (κ1) is 32.7. The molecule has 2 heteroatoms. The van der Waals surface area contributed by atoms with Crippen LogP contribution in [0.2, 0.25) is 0 Å². The molecule has 2 nitrogen and oxygen atoms in total. The highest BCUT2D eigenvalue weighted by atomic mass is 14.9. The molecular formula is C53H38N2. The summed E-state index contributed by atoms with van der Waals surface area (Å²) in [6.45, 7) is 4.69. The summed E-state index contributed by atoms with van der Waals surface area (Å²) in [6, 6.07) is 69.6. The van der Waals surface area contributed by atoms with E-state index in [1.165, 1.54) is 61.0 Å². The van der Waals surface area contributed by atoms with E-state index in [4.69, 9.17) is 9.97 Å². The fourth-order valence-electron chi connectivity index (χ4n) is 8.44. The molecular weight excluding hydrogens is 665 g/mol. The lowest BCUT2D eigenvalue weighted by Gasteiger charge is -2.22. The Hall–Kier alpha value is -6.90. The van der Waals surface area contributed by atoms with Crippen LogP contribution in [0.25, 0.3) is 89.2 Å². The Kier molecular flexibility index (Phi) is 7.85. The summed E-state index contributed by atoms with van der Waals surface area (Å²) in [5, 5.41) is 2.35. The van der Waals surface area contributed by atoms with E-state index >= 15 is 0 Å². The second-order valence-electron chi connectivity index (χ2n) is 15.0. The van der Waals surface area contributed by atoms with Crippen LogP contribution in [0.3, 0.4) is 0 Å². The van der Waals surface area contributed by atoms with Crippen molar-refractivity contribution in [3.63, 3.8) is 0 Å². The molecule has 0 fully saturated rings. The van der Waals surface area contributed by atoms with E-state index in [1.54, 1.807) is 0 Å². The molecule has 0 N–H and O–H groups in total. The summed E-state index contributed by atoms with van der Waals surface area (Å²) in [6.07, 6.45) is 0. The van der Waals surface area contributed by atoms with Crippen molar-refractivity contribution in [2.45, 2.75) is 19.3 Å². The van der Waals surface area contributed by atoms with E-state index in [-0.39, 0.29) is 5.41 Å². The van der Waals surface area contributed by atoms with Gasteiger partial charge in [-0.3, -0.25) is 0 Å². The molecule has 0 aliphatic heterocycles. The number of benzene rings is 8. The molecule has 0 saturated heterocycles. The van der Waals surface area contributed by atoms with Crippen LogP contribution in [-0.2, 0) is 5.41 Å². The third-order valence-electron chi connectivity index (χ3n) is 11.3. The van der Waals surface area contributed by atoms with Crippen LogP contribution in [0.4, 0.5) is 0 Å². The number of rotatable bonds is 6. The van der Waals surface area contributed by atoms with Gasteiger partial charge in [0.1, 0.15) is 0 Å². The maximum atomic E-state index is 5.21. The SMILES string of the molecule is CC1(C)c2ccccc2-c2ccc(-c3cccc(-c4ccc(-c5cc(-c6ccc(-c7ccccc7)cc6)nc(-c6ccccc6)n5)c5ccccc45)c3)cc21. The number of nitrogens with zero attached hydrogens (tertiary/aromatic N) is 2. The van der Waals surface area contributed by atoms with Crippen molar-refractivity contribution < 1.29 is 0 Å².